The predicted molar refractivity (Wildman–Crippen MR) is 179 cm³/mol. The van der Waals surface area contributed by atoms with Gasteiger partial charge in [0.25, 0.3) is 0 Å². The topological polar surface area (TPSA) is 0 Å². The smallest absolute Gasteiger partial charge is 0.172 e. The van der Waals surface area contributed by atoms with Gasteiger partial charge in [0, 0.05) is 0 Å². The number of halogens is 2. The third-order valence-electron chi connectivity index (χ3n) is 7.70. The van der Waals surface area contributed by atoms with E-state index in [-0.39, 0.29) is 35.6 Å². The molecule has 5 aromatic rings. The molecule has 0 spiro atoms. The van der Waals surface area contributed by atoms with Crippen molar-refractivity contribution in [2.45, 2.75) is 72.6 Å². The van der Waals surface area contributed by atoms with Gasteiger partial charge in [-0.25, -0.2) is 12.1 Å². The summed E-state index contributed by atoms with van der Waals surface area (Å²) in [7, 11) is 0. The van der Waals surface area contributed by atoms with Gasteiger partial charge in [-0.15, -0.1) is 5.56 Å². The van der Waals surface area contributed by atoms with Gasteiger partial charge in [-0.05, 0) is 17.4 Å². The molecule has 0 amide bonds. The normalized spacial score (nSPS) is 11.3. The molecular formula is C41H44Cl2Hf-2. The number of fused-ring (bicyclic) bond motifs is 3. The molecule has 0 fully saturated rings. The molecule has 6 rings (SSSR count). The minimum absolute atomic E-state index is 0. The Morgan fingerprint density at radius 3 is 1.64 bits per heavy atom. The molecule has 3 heteroatoms. The van der Waals surface area contributed by atoms with E-state index in [1.165, 1.54) is 58.9 Å². The molecule has 0 unspecified atom stereocenters. The van der Waals surface area contributed by atoms with Crippen LogP contribution in [0.15, 0.2) is 109 Å². The van der Waals surface area contributed by atoms with Crippen molar-refractivity contribution in [3.05, 3.63) is 160 Å². The van der Waals surface area contributed by atoms with Gasteiger partial charge in [0.2, 0.25) is 0 Å². The fraction of sp³-hybridized carbons (Fsp3) is 0.268. The summed E-state index contributed by atoms with van der Waals surface area (Å²) in [5.41, 5.74) is 14.2. The van der Waals surface area contributed by atoms with Gasteiger partial charge >= 0.3 is 112 Å². The summed E-state index contributed by atoms with van der Waals surface area (Å²) < 4.78 is 1.48. The zero-order valence-corrected chi connectivity index (χ0v) is 32.5. The van der Waals surface area contributed by atoms with Gasteiger partial charge in [0.05, 0.1) is 0 Å². The van der Waals surface area contributed by atoms with E-state index in [1.807, 2.05) is 30.3 Å². The van der Waals surface area contributed by atoms with Crippen LogP contribution in [0.2, 0.25) is 0 Å². The molecule has 1 aliphatic rings. The Kier molecular flexibility index (Phi) is 13.9. The van der Waals surface area contributed by atoms with Gasteiger partial charge < -0.3 is 24.8 Å². The van der Waals surface area contributed by atoms with E-state index in [4.69, 9.17) is 0 Å². The van der Waals surface area contributed by atoms with E-state index in [9.17, 15) is 0 Å². The molecule has 5 aromatic carbocycles. The van der Waals surface area contributed by atoms with Crippen molar-refractivity contribution >= 4 is 3.26 Å². The maximum Gasteiger partial charge on any atom is -0.172 e. The average molecular weight is 786 g/mol. The number of rotatable bonds is 2. The minimum atomic E-state index is 0. The molecule has 0 heterocycles. The summed E-state index contributed by atoms with van der Waals surface area (Å²) in [5.74, 6) is 0. The first kappa shape index (κ1) is 37.7. The van der Waals surface area contributed by atoms with Crippen LogP contribution in [0, 0.1) is 19.9 Å². The first-order valence-corrected chi connectivity index (χ1v) is 16.7. The van der Waals surface area contributed by atoms with E-state index < -0.39 is 0 Å². The second-order valence-corrected chi connectivity index (χ2v) is 15.2. The van der Waals surface area contributed by atoms with Crippen LogP contribution in [0.3, 0.4) is 0 Å². The number of aryl methyl sites for hydroxylation is 2. The Morgan fingerprint density at radius 1 is 0.659 bits per heavy atom. The van der Waals surface area contributed by atoms with Crippen molar-refractivity contribution in [1.82, 2.24) is 0 Å². The van der Waals surface area contributed by atoms with Crippen LogP contribution in [0.25, 0.3) is 11.1 Å². The minimum Gasteiger partial charge on any atom is -1.00 e. The molecular weight excluding hydrogens is 742 g/mol. The molecule has 0 atom stereocenters. The molecule has 0 bridgehead atoms. The molecule has 0 saturated carbocycles. The van der Waals surface area contributed by atoms with Gasteiger partial charge in [0.15, 0.2) is 0 Å². The standard InChI is InChI=1S/C21H25.C15H14.C5H5.2ClH.Hf/c1-20(2,3)16-9-7-14-11-15-8-10-17(21(4,5)6)13-19(15)18(14)12-16;1-12-5-3-7-14(9-12)11-15-8-4-6-13(2)10-15;1-2-4-5-3-1;;;/h7,9-10,12-13H,11H2,1-6H3;3-10H,1-2H3;1-5H;2*1H;/q-1;;-1;;;+2/p-2. The zero-order valence-electron chi connectivity index (χ0n) is 27.4. The summed E-state index contributed by atoms with van der Waals surface area (Å²) in [6.45, 7) is 17.9. The number of hydrogen-bond donors (Lipinski definition) is 0. The molecule has 228 valence electrons. The third-order valence-corrected chi connectivity index (χ3v) is 9.77. The second kappa shape index (κ2) is 16.2. The first-order valence-electron chi connectivity index (χ1n) is 14.9. The Hall–Kier alpha value is -2.45. The Morgan fingerprint density at radius 2 is 1.18 bits per heavy atom. The van der Waals surface area contributed by atoms with E-state index in [2.05, 4.69) is 140 Å². The summed E-state index contributed by atoms with van der Waals surface area (Å²) in [6, 6.07) is 42.6. The maximum absolute atomic E-state index is 3.53. The predicted octanol–water partition coefficient (Wildman–Crippen LogP) is 4.49. The number of benzene rings is 4. The SMILES string of the molecule is CC(C)(C)c1c[c-]c2c(c1)-c1cc(C(C)(C)C)ccc1C2.Cc1cccc([C](=[Hf+2])c2cccc(C)c2)c1.[Cl-].[Cl-].c1cc[cH-]c1. The van der Waals surface area contributed by atoms with Crippen LogP contribution >= 0.6 is 0 Å². The molecule has 0 saturated heterocycles. The molecule has 0 aromatic heterocycles. The summed E-state index contributed by atoms with van der Waals surface area (Å²) in [6.07, 6.45) is 1.03. The van der Waals surface area contributed by atoms with Crippen LogP contribution in [-0.4, -0.2) is 3.26 Å². The quantitative estimate of drug-likeness (QED) is 0.180. The van der Waals surface area contributed by atoms with Crippen LogP contribution in [0.4, 0.5) is 0 Å². The van der Waals surface area contributed by atoms with Crippen LogP contribution in [0.5, 0.6) is 0 Å². The van der Waals surface area contributed by atoms with Gasteiger partial charge in [-0.2, -0.15) is 47.5 Å². The van der Waals surface area contributed by atoms with E-state index in [0.29, 0.717) is 0 Å². The van der Waals surface area contributed by atoms with Gasteiger partial charge in [0.1, 0.15) is 0 Å². The van der Waals surface area contributed by atoms with Gasteiger partial charge in [-0.1, -0.05) is 76.3 Å². The largest absolute Gasteiger partial charge is 1.00 e. The van der Waals surface area contributed by atoms with E-state index >= 15 is 0 Å². The van der Waals surface area contributed by atoms with Crippen molar-refractivity contribution in [2.24, 2.45) is 0 Å². The van der Waals surface area contributed by atoms with Gasteiger partial charge in [-0.3, -0.25) is 0 Å². The first-order chi connectivity index (χ1) is 19.8. The van der Waals surface area contributed by atoms with E-state index in [0.717, 1.165) is 30.3 Å². The fourth-order valence-corrected chi connectivity index (χ4v) is 6.19. The van der Waals surface area contributed by atoms with Crippen LogP contribution < -0.4 is 24.8 Å². The van der Waals surface area contributed by atoms with Crippen molar-refractivity contribution in [2.75, 3.05) is 0 Å². The summed E-state index contributed by atoms with van der Waals surface area (Å²) >= 11 is 1.08. The molecule has 0 N–H and O–H groups in total. The summed E-state index contributed by atoms with van der Waals surface area (Å²) in [4.78, 5) is 0. The molecule has 0 radical (unpaired) electrons. The molecule has 44 heavy (non-hydrogen) atoms. The van der Waals surface area contributed by atoms with Crippen molar-refractivity contribution in [3.8, 4) is 11.1 Å². The zero-order chi connectivity index (χ0) is 30.5. The van der Waals surface area contributed by atoms with Crippen molar-refractivity contribution < 1.29 is 48.7 Å². The molecule has 0 aliphatic heterocycles. The second-order valence-electron chi connectivity index (χ2n) is 13.4. The van der Waals surface area contributed by atoms with E-state index in [1.54, 1.807) is 0 Å². The fourth-order valence-electron chi connectivity index (χ4n) is 5.07. The van der Waals surface area contributed by atoms with Crippen LogP contribution in [0.1, 0.15) is 86.1 Å². The monoisotopic (exact) mass is 786 g/mol. The Labute approximate surface area is 293 Å². The molecule has 1 aliphatic carbocycles. The maximum atomic E-state index is 3.53. The van der Waals surface area contributed by atoms with Crippen molar-refractivity contribution in [3.63, 3.8) is 0 Å². The Balaban J connectivity index is 0.000000260. The third kappa shape index (κ3) is 10.0. The van der Waals surface area contributed by atoms with Crippen molar-refractivity contribution in [1.29, 1.82) is 0 Å². The molecule has 0 nitrogen and oxygen atoms in total. The Bertz CT molecular complexity index is 1520. The number of hydrogen-bond acceptors (Lipinski definition) is 0. The van der Waals surface area contributed by atoms with Crippen LogP contribution in [-0.2, 0) is 41.1 Å². The average Bonchev–Trinajstić information content (AvgIpc) is 3.63. The summed E-state index contributed by atoms with van der Waals surface area (Å²) in [5, 5.41) is 0.